The van der Waals surface area contributed by atoms with Crippen LogP contribution >= 0.6 is 0 Å². The first-order valence-corrected chi connectivity index (χ1v) is 9.97. The van der Waals surface area contributed by atoms with Gasteiger partial charge in [-0.25, -0.2) is 0 Å². The van der Waals surface area contributed by atoms with Gasteiger partial charge in [0, 0.05) is 11.9 Å². The van der Waals surface area contributed by atoms with Crippen LogP contribution in [-0.2, 0) is 0 Å². The lowest BCUT2D eigenvalue weighted by Crippen LogP contribution is -2.47. The van der Waals surface area contributed by atoms with Gasteiger partial charge >= 0.3 is 0 Å². The minimum absolute atomic E-state index is 0.513. The summed E-state index contributed by atoms with van der Waals surface area (Å²) in [5.74, 6) is 1.03. The molecule has 0 aliphatic carbocycles. The molecule has 3 nitrogen and oxygen atoms in total. The van der Waals surface area contributed by atoms with E-state index < -0.39 is 0 Å². The van der Waals surface area contributed by atoms with Crippen molar-refractivity contribution in [3.05, 3.63) is 42.5 Å². The third-order valence-corrected chi connectivity index (χ3v) is 5.76. The molecule has 2 aliphatic heterocycles. The first-order chi connectivity index (χ1) is 12.4. The zero-order valence-corrected chi connectivity index (χ0v) is 15.2. The average molecular weight is 338 g/mol. The van der Waals surface area contributed by atoms with Crippen LogP contribution in [0.25, 0.3) is 10.8 Å². The summed E-state index contributed by atoms with van der Waals surface area (Å²) in [6, 6.07) is 15.4. The van der Waals surface area contributed by atoms with Crippen molar-refractivity contribution >= 4 is 10.8 Å². The van der Waals surface area contributed by atoms with Crippen LogP contribution in [0.2, 0.25) is 0 Å². The van der Waals surface area contributed by atoms with Crippen molar-refractivity contribution < 1.29 is 4.74 Å². The molecule has 1 unspecified atom stereocenters. The van der Waals surface area contributed by atoms with Crippen molar-refractivity contribution in [1.82, 2.24) is 9.80 Å². The van der Waals surface area contributed by atoms with Crippen LogP contribution in [0, 0.1) is 0 Å². The van der Waals surface area contributed by atoms with Crippen LogP contribution in [0.4, 0.5) is 0 Å². The van der Waals surface area contributed by atoms with Gasteiger partial charge in [0.1, 0.15) is 12.4 Å². The van der Waals surface area contributed by atoms with Crippen LogP contribution < -0.4 is 4.74 Å². The van der Waals surface area contributed by atoms with Crippen molar-refractivity contribution in [1.29, 1.82) is 0 Å². The van der Waals surface area contributed by atoms with Gasteiger partial charge in [-0.1, -0.05) is 42.8 Å². The fourth-order valence-electron chi connectivity index (χ4n) is 4.33. The van der Waals surface area contributed by atoms with Gasteiger partial charge in [0.25, 0.3) is 0 Å². The Bertz CT molecular complexity index is 669. The molecule has 0 aromatic heterocycles. The number of fused-ring (bicyclic) bond motifs is 1. The summed E-state index contributed by atoms with van der Waals surface area (Å²) in [5, 5.41) is 2.48. The SMILES string of the molecule is c1ccc2c(OCC(CN3CCCCC3)N3CCCC3)cccc2c1. The Balaban J connectivity index is 1.45. The molecule has 0 bridgehead atoms. The van der Waals surface area contributed by atoms with Crippen LogP contribution in [0.1, 0.15) is 32.1 Å². The second kappa shape index (κ2) is 8.20. The lowest BCUT2D eigenvalue weighted by molar-refractivity contribution is 0.104. The molecule has 4 rings (SSSR count). The molecule has 2 aromatic rings. The number of ether oxygens (including phenoxy) is 1. The fourth-order valence-corrected chi connectivity index (χ4v) is 4.33. The molecule has 2 saturated heterocycles. The number of nitrogens with zero attached hydrogens (tertiary/aromatic N) is 2. The molecule has 0 spiro atoms. The minimum Gasteiger partial charge on any atom is -0.491 e. The topological polar surface area (TPSA) is 15.7 Å². The lowest BCUT2D eigenvalue weighted by Gasteiger charge is -2.34. The maximum atomic E-state index is 6.37. The molecule has 2 aromatic carbocycles. The van der Waals surface area contributed by atoms with E-state index in [9.17, 15) is 0 Å². The van der Waals surface area contributed by atoms with E-state index in [4.69, 9.17) is 4.74 Å². The third kappa shape index (κ3) is 4.16. The molecule has 2 fully saturated rings. The first kappa shape index (κ1) is 16.9. The molecule has 2 heterocycles. The Kier molecular flexibility index (Phi) is 5.53. The van der Waals surface area contributed by atoms with Gasteiger partial charge in [0.15, 0.2) is 0 Å². The highest BCUT2D eigenvalue weighted by Gasteiger charge is 2.25. The van der Waals surface area contributed by atoms with Gasteiger partial charge in [-0.3, -0.25) is 4.90 Å². The van der Waals surface area contributed by atoms with Gasteiger partial charge in [-0.2, -0.15) is 0 Å². The van der Waals surface area contributed by atoms with E-state index in [-0.39, 0.29) is 0 Å². The summed E-state index contributed by atoms with van der Waals surface area (Å²) in [4.78, 5) is 5.30. The molecular weight excluding hydrogens is 308 g/mol. The number of likely N-dealkylation sites (tertiary alicyclic amines) is 2. The van der Waals surface area contributed by atoms with Crippen LogP contribution in [-0.4, -0.2) is 55.2 Å². The summed E-state index contributed by atoms with van der Waals surface area (Å²) >= 11 is 0. The summed E-state index contributed by atoms with van der Waals surface area (Å²) < 4.78 is 6.37. The van der Waals surface area contributed by atoms with Gasteiger partial charge in [0.05, 0.1) is 6.04 Å². The molecule has 0 radical (unpaired) electrons. The van der Waals surface area contributed by atoms with Crippen LogP contribution in [0.3, 0.4) is 0 Å². The maximum Gasteiger partial charge on any atom is 0.127 e. The zero-order chi connectivity index (χ0) is 16.9. The largest absolute Gasteiger partial charge is 0.491 e. The first-order valence-electron chi connectivity index (χ1n) is 9.97. The highest BCUT2D eigenvalue weighted by Crippen LogP contribution is 2.26. The Morgan fingerprint density at radius 2 is 1.52 bits per heavy atom. The second-order valence-electron chi connectivity index (χ2n) is 7.55. The fraction of sp³-hybridized carbons (Fsp3) is 0.545. The quantitative estimate of drug-likeness (QED) is 0.786. The van der Waals surface area contributed by atoms with Crippen LogP contribution in [0.15, 0.2) is 42.5 Å². The monoisotopic (exact) mass is 338 g/mol. The van der Waals surface area contributed by atoms with Crippen molar-refractivity contribution in [2.45, 2.75) is 38.1 Å². The minimum atomic E-state index is 0.513. The predicted molar refractivity (Wildman–Crippen MR) is 104 cm³/mol. The van der Waals surface area contributed by atoms with E-state index >= 15 is 0 Å². The van der Waals surface area contributed by atoms with Gasteiger partial charge < -0.3 is 9.64 Å². The third-order valence-electron chi connectivity index (χ3n) is 5.76. The molecule has 1 atom stereocenters. The van der Waals surface area contributed by atoms with Crippen molar-refractivity contribution in [2.75, 3.05) is 39.3 Å². The van der Waals surface area contributed by atoms with E-state index in [0.29, 0.717) is 6.04 Å². The molecular formula is C22H30N2O. The Labute approximate surface area is 151 Å². The maximum absolute atomic E-state index is 6.37. The normalized spacial score (nSPS) is 20.8. The van der Waals surface area contributed by atoms with E-state index in [1.165, 1.54) is 69.1 Å². The summed E-state index contributed by atoms with van der Waals surface area (Å²) in [6.45, 7) is 6.95. The van der Waals surface area contributed by atoms with Crippen molar-refractivity contribution in [3.8, 4) is 5.75 Å². The molecule has 0 saturated carbocycles. The smallest absolute Gasteiger partial charge is 0.127 e. The molecule has 2 aliphatic rings. The summed E-state index contributed by atoms with van der Waals surface area (Å²) in [7, 11) is 0. The molecule has 0 amide bonds. The Morgan fingerprint density at radius 3 is 2.36 bits per heavy atom. The number of hydrogen-bond donors (Lipinski definition) is 0. The predicted octanol–water partition coefficient (Wildman–Crippen LogP) is 4.17. The van der Waals surface area contributed by atoms with Gasteiger partial charge in [0.2, 0.25) is 0 Å². The van der Waals surface area contributed by atoms with E-state index in [1.807, 2.05) is 0 Å². The highest BCUT2D eigenvalue weighted by atomic mass is 16.5. The summed E-state index contributed by atoms with van der Waals surface area (Å²) in [6.07, 6.45) is 6.79. The van der Waals surface area contributed by atoms with Crippen LogP contribution in [0.5, 0.6) is 5.75 Å². The Morgan fingerprint density at radius 1 is 0.800 bits per heavy atom. The molecule has 3 heteroatoms. The molecule has 134 valence electrons. The van der Waals surface area contributed by atoms with Crippen molar-refractivity contribution in [2.24, 2.45) is 0 Å². The molecule has 0 N–H and O–H groups in total. The van der Waals surface area contributed by atoms with Gasteiger partial charge in [-0.15, -0.1) is 0 Å². The number of piperidine rings is 1. The van der Waals surface area contributed by atoms with Crippen molar-refractivity contribution in [3.63, 3.8) is 0 Å². The summed E-state index contributed by atoms with van der Waals surface area (Å²) in [5.41, 5.74) is 0. The van der Waals surface area contributed by atoms with Gasteiger partial charge in [-0.05, 0) is 63.3 Å². The van der Waals surface area contributed by atoms with E-state index in [0.717, 1.165) is 18.9 Å². The Hall–Kier alpha value is -1.58. The number of rotatable bonds is 6. The number of hydrogen-bond acceptors (Lipinski definition) is 3. The zero-order valence-electron chi connectivity index (χ0n) is 15.2. The lowest BCUT2D eigenvalue weighted by atomic mass is 10.1. The molecule has 25 heavy (non-hydrogen) atoms. The highest BCUT2D eigenvalue weighted by molar-refractivity contribution is 5.88. The number of benzene rings is 2. The standard InChI is InChI=1S/C22H30N2O/c1-4-13-23(14-5-1)17-20(24-15-6-7-16-24)18-25-22-12-8-10-19-9-2-3-11-21(19)22/h2-3,8-12,20H,1,4-7,13-18H2. The van der Waals surface area contributed by atoms with E-state index in [2.05, 4.69) is 52.3 Å². The second-order valence-corrected chi connectivity index (χ2v) is 7.55. The van der Waals surface area contributed by atoms with E-state index in [1.54, 1.807) is 0 Å². The average Bonchev–Trinajstić information content (AvgIpc) is 3.20.